The molecule has 1 amide bonds. The van der Waals surface area contributed by atoms with E-state index in [1.165, 1.54) is 11.1 Å². The molecule has 0 radical (unpaired) electrons. The number of primary amides is 1. The monoisotopic (exact) mass is 257 g/mol. The van der Waals surface area contributed by atoms with E-state index in [9.17, 15) is 9.59 Å². The molecule has 92 valence electrons. The highest BCUT2D eigenvalue weighted by atomic mass is 35.5. The van der Waals surface area contributed by atoms with Gasteiger partial charge in [0, 0.05) is 18.9 Å². The van der Waals surface area contributed by atoms with Crippen molar-refractivity contribution in [2.75, 3.05) is 13.1 Å². The van der Waals surface area contributed by atoms with Gasteiger partial charge in [0.25, 0.3) is 0 Å². The number of hydrogen-bond donors (Lipinski definition) is 2. The fraction of sp³-hybridized carbons (Fsp3) is 0.300. The summed E-state index contributed by atoms with van der Waals surface area (Å²) < 4.78 is 0. The second-order valence-corrected chi connectivity index (χ2v) is 3.88. The molecule has 0 spiro atoms. The van der Waals surface area contributed by atoms with Gasteiger partial charge in [-0.15, -0.1) is 0 Å². The standard InChI is InChI=1S/C10H12ClN3O3/c11-8-3-13-2-1-7(8)4-14(5-9(12)15)6-10(16)17/h1-3H,4-6H2,(H2,12,15)(H,16,17). The molecule has 0 aromatic carbocycles. The highest BCUT2D eigenvalue weighted by molar-refractivity contribution is 6.31. The van der Waals surface area contributed by atoms with Crippen molar-refractivity contribution in [3.63, 3.8) is 0 Å². The minimum Gasteiger partial charge on any atom is -0.480 e. The van der Waals surface area contributed by atoms with Crippen LogP contribution in [0.25, 0.3) is 0 Å². The molecule has 0 bridgehead atoms. The number of rotatable bonds is 6. The summed E-state index contributed by atoms with van der Waals surface area (Å²) in [7, 11) is 0. The highest BCUT2D eigenvalue weighted by Gasteiger charge is 2.14. The van der Waals surface area contributed by atoms with Crippen LogP contribution in [0.1, 0.15) is 5.56 Å². The van der Waals surface area contributed by atoms with Crippen molar-refractivity contribution >= 4 is 23.5 Å². The molecule has 0 aliphatic carbocycles. The minimum absolute atomic E-state index is 0.134. The van der Waals surface area contributed by atoms with E-state index >= 15 is 0 Å². The summed E-state index contributed by atoms with van der Waals surface area (Å²) in [6, 6.07) is 1.66. The van der Waals surface area contributed by atoms with E-state index in [2.05, 4.69) is 4.98 Å². The van der Waals surface area contributed by atoms with Crippen LogP contribution >= 0.6 is 11.6 Å². The zero-order valence-corrected chi connectivity index (χ0v) is 9.72. The molecule has 17 heavy (non-hydrogen) atoms. The largest absolute Gasteiger partial charge is 0.480 e. The first-order valence-corrected chi connectivity index (χ1v) is 5.17. The van der Waals surface area contributed by atoms with Crippen LogP contribution in [0.15, 0.2) is 18.5 Å². The predicted molar refractivity (Wildman–Crippen MR) is 61.4 cm³/mol. The summed E-state index contributed by atoms with van der Waals surface area (Å²) in [5.41, 5.74) is 5.74. The Labute approximate surface area is 103 Å². The Morgan fingerprint density at radius 3 is 2.71 bits per heavy atom. The van der Waals surface area contributed by atoms with E-state index in [4.69, 9.17) is 22.4 Å². The summed E-state index contributed by atoms with van der Waals surface area (Å²) in [5.74, 6) is -1.62. The molecular weight excluding hydrogens is 246 g/mol. The van der Waals surface area contributed by atoms with Crippen LogP contribution < -0.4 is 5.73 Å². The van der Waals surface area contributed by atoms with Gasteiger partial charge in [-0.25, -0.2) is 0 Å². The van der Waals surface area contributed by atoms with Crippen molar-refractivity contribution in [1.82, 2.24) is 9.88 Å². The Hall–Kier alpha value is -1.66. The maximum Gasteiger partial charge on any atom is 0.317 e. The van der Waals surface area contributed by atoms with Gasteiger partial charge in [-0.3, -0.25) is 19.5 Å². The van der Waals surface area contributed by atoms with Gasteiger partial charge >= 0.3 is 5.97 Å². The number of aliphatic carboxylic acids is 1. The van der Waals surface area contributed by atoms with Gasteiger partial charge in [0.1, 0.15) is 0 Å². The average molecular weight is 258 g/mol. The second kappa shape index (κ2) is 6.17. The third kappa shape index (κ3) is 4.80. The molecule has 1 rings (SSSR count). The van der Waals surface area contributed by atoms with E-state index in [1.807, 2.05) is 0 Å². The number of hydrogen-bond acceptors (Lipinski definition) is 4. The Balaban J connectivity index is 2.75. The van der Waals surface area contributed by atoms with Crippen molar-refractivity contribution in [3.05, 3.63) is 29.0 Å². The molecule has 0 unspecified atom stereocenters. The van der Waals surface area contributed by atoms with Gasteiger partial charge in [-0.2, -0.15) is 0 Å². The number of aromatic nitrogens is 1. The molecule has 0 fully saturated rings. The number of carbonyl (C=O) groups excluding carboxylic acids is 1. The molecule has 3 N–H and O–H groups in total. The van der Waals surface area contributed by atoms with Gasteiger partial charge in [0.15, 0.2) is 0 Å². The molecule has 1 aromatic rings. The molecular formula is C10H12ClN3O3. The predicted octanol–water partition coefficient (Wildman–Crippen LogP) is 0.107. The zero-order chi connectivity index (χ0) is 12.8. The molecule has 1 heterocycles. The fourth-order valence-electron chi connectivity index (χ4n) is 1.35. The smallest absolute Gasteiger partial charge is 0.317 e. The van der Waals surface area contributed by atoms with Crippen molar-refractivity contribution in [2.45, 2.75) is 6.54 Å². The maximum atomic E-state index is 10.8. The number of amides is 1. The lowest BCUT2D eigenvalue weighted by Crippen LogP contribution is -2.36. The van der Waals surface area contributed by atoms with Crippen LogP contribution in [-0.4, -0.2) is 40.0 Å². The average Bonchev–Trinajstić information content (AvgIpc) is 2.19. The Morgan fingerprint density at radius 2 is 2.18 bits per heavy atom. The van der Waals surface area contributed by atoms with Crippen molar-refractivity contribution in [1.29, 1.82) is 0 Å². The second-order valence-electron chi connectivity index (χ2n) is 3.47. The van der Waals surface area contributed by atoms with Gasteiger partial charge < -0.3 is 10.8 Å². The summed E-state index contributed by atoms with van der Waals surface area (Å²) in [4.78, 5) is 26.6. The lowest BCUT2D eigenvalue weighted by atomic mass is 10.2. The molecule has 7 heteroatoms. The number of carboxylic acid groups (broad SMARTS) is 1. The fourth-order valence-corrected chi connectivity index (χ4v) is 1.53. The molecule has 6 nitrogen and oxygen atoms in total. The van der Waals surface area contributed by atoms with Crippen LogP contribution in [0, 0.1) is 0 Å². The Bertz CT molecular complexity index is 409. The number of nitrogens with zero attached hydrogens (tertiary/aromatic N) is 2. The lowest BCUT2D eigenvalue weighted by molar-refractivity contribution is -0.138. The normalized spacial score (nSPS) is 10.5. The third-order valence-corrected chi connectivity index (χ3v) is 2.33. The first-order chi connectivity index (χ1) is 7.99. The zero-order valence-electron chi connectivity index (χ0n) is 8.97. The highest BCUT2D eigenvalue weighted by Crippen LogP contribution is 2.15. The van der Waals surface area contributed by atoms with Crippen LogP contribution in [0.3, 0.4) is 0 Å². The molecule has 0 saturated heterocycles. The first-order valence-electron chi connectivity index (χ1n) is 4.80. The van der Waals surface area contributed by atoms with Crippen LogP contribution in [0.4, 0.5) is 0 Å². The van der Waals surface area contributed by atoms with E-state index in [-0.39, 0.29) is 19.6 Å². The van der Waals surface area contributed by atoms with Gasteiger partial charge in [-0.05, 0) is 11.6 Å². The number of pyridine rings is 1. The topological polar surface area (TPSA) is 96.5 Å². The van der Waals surface area contributed by atoms with E-state index in [0.29, 0.717) is 10.6 Å². The molecule has 0 aliphatic rings. The minimum atomic E-state index is -1.03. The molecule has 0 aliphatic heterocycles. The SMILES string of the molecule is NC(=O)CN(CC(=O)O)Cc1ccncc1Cl. The van der Waals surface area contributed by atoms with Crippen molar-refractivity contribution in [2.24, 2.45) is 5.73 Å². The summed E-state index contributed by atoms with van der Waals surface area (Å²) in [6.45, 7) is -0.177. The van der Waals surface area contributed by atoms with Gasteiger partial charge in [0.05, 0.1) is 18.1 Å². The summed E-state index contributed by atoms with van der Waals surface area (Å²) in [6.07, 6.45) is 3.00. The lowest BCUT2D eigenvalue weighted by Gasteiger charge is -2.18. The van der Waals surface area contributed by atoms with Crippen LogP contribution in [-0.2, 0) is 16.1 Å². The van der Waals surface area contributed by atoms with Gasteiger partial charge in [0.2, 0.25) is 5.91 Å². The third-order valence-electron chi connectivity index (χ3n) is 1.99. The van der Waals surface area contributed by atoms with E-state index in [1.54, 1.807) is 12.3 Å². The van der Waals surface area contributed by atoms with E-state index in [0.717, 1.165) is 0 Å². The van der Waals surface area contributed by atoms with Crippen LogP contribution in [0.2, 0.25) is 5.02 Å². The number of halogens is 1. The first kappa shape index (κ1) is 13.4. The number of carbonyl (C=O) groups is 2. The Kier molecular flexibility index (Phi) is 4.86. The van der Waals surface area contributed by atoms with Crippen LogP contribution in [0.5, 0.6) is 0 Å². The quantitative estimate of drug-likeness (QED) is 0.754. The molecule has 1 aromatic heterocycles. The number of nitrogens with two attached hydrogens (primary N) is 1. The summed E-state index contributed by atoms with van der Waals surface area (Å²) in [5, 5.41) is 9.13. The van der Waals surface area contributed by atoms with E-state index < -0.39 is 11.9 Å². The summed E-state index contributed by atoms with van der Waals surface area (Å²) >= 11 is 5.89. The molecule has 0 atom stereocenters. The maximum absolute atomic E-state index is 10.8. The Morgan fingerprint density at radius 1 is 1.47 bits per heavy atom. The van der Waals surface area contributed by atoms with Crippen molar-refractivity contribution in [3.8, 4) is 0 Å². The van der Waals surface area contributed by atoms with Gasteiger partial charge in [-0.1, -0.05) is 11.6 Å². The molecule has 0 saturated carbocycles. The number of carboxylic acids is 1. The van der Waals surface area contributed by atoms with Crippen molar-refractivity contribution < 1.29 is 14.7 Å².